The van der Waals surface area contributed by atoms with E-state index in [9.17, 15) is 0 Å². The van der Waals surface area contributed by atoms with E-state index in [0.29, 0.717) is 6.04 Å². The SMILES string of the molecule is CNCc1ccc(N(C)C(C)C(C)(C)C)nc1C. The maximum absolute atomic E-state index is 4.71. The van der Waals surface area contributed by atoms with Crippen molar-refractivity contribution in [3.63, 3.8) is 0 Å². The number of nitrogens with one attached hydrogen (secondary N) is 1. The lowest BCUT2D eigenvalue weighted by Crippen LogP contribution is -2.39. The molecule has 1 aromatic rings. The van der Waals surface area contributed by atoms with Crippen LogP contribution < -0.4 is 10.2 Å². The summed E-state index contributed by atoms with van der Waals surface area (Å²) in [7, 11) is 4.08. The highest BCUT2D eigenvalue weighted by molar-refractivity contribution is 5.42. The average Bonchev–Trinajstić information content (AvgIpc) is 2.29. The fourth-order valence-corrected chi connectivity index (χ4v) is 1.93. The van der Waals surface area contributed by atoms with Crippen LogP contribution in [0.4, 0.5) is 5.82 Å². The molecule has 1 rings (SSSR count). The lowest BCUT2D eigenvalue weighted by molar-refractivity contribution is 0.328. The van der Waals surface area contributed by atoms with Gasteiger partial charge in [-0.1, -0.05) is 26.8 Å². The van der Waals surface area contributed by atoms with E-state index in [4.69, 9.17) is 4.98 Å². The second kappa shape index (κ2) is 5.70. The van der Waals surface area contributed by atoms with E-state index in [1.807, 2.05) is 7.05 Å². The Hall–Kier alpha value is -1.09. The van der Waals surface area contributed by atoms with Crippen molar-refractivity contribution in [2.24, 2.45) is 5.41 Å². The van der Waals surface area contributed by atoms with E-state index in [2.05, 4.69) is 64.0 Å². The molecule has 102 valence electrons. The highest BCUT2D eigenvalue weighted by Crippen LogP contribution is 2.26. The van der Waals surface area contributed by atoms with Gasteiger partial charge in [0.15, 0.2) is 0 Å². The molecule has 1 unspecified atom stereocenters. The van der Waals surface area contributed by atoms with Gasteiger partial charge in [-0.2, -0.15) is 0 Å². The smallest absolute Gasteiger partial charge is 0.128 e. The zero-order valence-corrected chi connectivity index (χ0v) is 12.8. The summed E-state index contributed by atoms with van der Waals surface area (Å²) in [6.45, 7) is 12.0. The van der Waals surface area contributed by atoms with Gasteiger partial charge in [-0.05, 0) is 37.9 Å². The van der Waals surface area contributed by atoms with Gasteiger partial charge in [0, 0.05) is 25.3 Å². The third kappa shape index (κ3) is 3.45. The van der Waals surface area contributed by atoms with Crippen LogP contribution in [0.1, 0.15) is 39.0 Å². The van der Waals surface area contributed by atoms with Gasteiger partial charge < -0.3 is 10.2 Å². The summed E-state index contributed by atoms with van der Waals surface area (Å²) in [5, 5.41) is 3.17. The van der Waals surface area contributed by atoms with Gasteiger partial charge in [0.1, 0.15) is 5.82 Å². The Bertz CT molecular complexity index is 393. The Balaban J connectivity index is 2.94. The van der Waals surface area contributed by atoms with Gasteiger partial charge in [0.05, 0.1) is 0 Å². The predicted molar refractivity (Wildman–Crippen MR) is 79.1 cm³/mol. The zero-order valence-electron chi connectivity index (χ0n) is 12.8. The first kappa shape index (κ1) is 15.0. The molecule has 0 aromatic carbocycles. The fourth-order valence-electron chi connectivity index (χ4n) is 1.93. The van der Waals surface area contributed by atoms with Crippen molar-refractivity contribution < 1.29 is 0 Å². The van der Waals surface area contributed by atoms with Crippen molar-refractivity contribution in [1.29, 1.82) is 0 Å². The highest BCUT2D eigenvalue weighted by Gasteiger charge is 2.24. The average molecular weight is 249 g/mol. The summed E-state index contributed by atoms with van der Waals surface area (Å²) >= 11 is 0. The van der Waals surface area contributed by atoms with E-state index in [1.54, 1.807) is 0 Å². The van der Waals surface area contributed by atoms with Crippen molar-refractivity contribution in [2.45, 2.75) is 47.2 Å². The largest absolute Gasteiger partial charge is 0.356 e. The van der Waals surface area contributed by atoms with Crippen LogP contribution in [-0.4, -0.2) is 25.1 Å². The maximum Gasteiger partial charge on any atom is 0.128 e. The van der Waals surface area contributed by atoms with Crippen LogP contribution in [0.15, 0.2) is 12.1 Å². The summed E-state index contributed by atoms with van der Waals surface area (Å²) < 4.78 is 0. The van der Waals surface area contributed by atoms with E-state index >= 15 is 0 Å². The molecular weight excluding hydrogens is 222 g/mol. The van der Waals surface area contributed by atoms with Gasteiger partial charge in [0.2, 0.25) is 0 Å². The van der Waals surface area contributed by atoms with Gasteiger partial charge in [-0.25, -0.2) is 4.98 Å². The first-order valence-electron chi connectivity index (χ1n) is 6.61. The number of hydrogen-bond acceptors (Lipinski definition) is 3. The molecule has 3 heteroatoms. The molecule has 0 bridgehead atoms. The Morgan fingerprint density at radius 3 is 2.39 bits per heavy atom. The third-order valence-electron chi connectivity index (χ3n) is 3.74. The van der Waals surface area contributed by atoms with Gasteiger partial charge in [0.25, 0.3) is 0 Å². The van der Waals surface area contributed by atoms with Crippen LogP contribution >= 0.6 is 0 Å². The Kier molecular flexibility index (Phi) is 4.74. The minimum Gasteiger partial charge on any atom is -0.356 e. The molecule has 18 heavy (non-hydrogen) atoms. The minimum absolute atomic E-state index is 0.244. The molecule has 1 heterocycles. The Labute approximate surface area is 112 Å². The van der Waals surface area contributed by atoms with E-state index in [1.165, 1.54) is 5.56 Å². The number of anilines is 1. The number of aryl methyl sites for hydroxylation is 1. The van der Waals surface area contributed by atoms with Crippen LogP contribution in [0.5, 0.6) is 0 Å². The first-order chi connectivity index (χ1) is 8.27. The van der Waals surface area contributed by atoms with Crippen molar-refractivity contribution >= 4 is 5.82 Å². The van der Waals surface area contributed by atoms with Crippen LogP contribution in [0, 0.1) is 12.3 Å². The standard InChI is InChI=1S/C15H27N3/c1-11-13(10-16-6)8-9-14(17-11)18(7)12(2)15(3,4)5/h8-9,12,16H,10H2,1-7H3. The van der Waals surface area contributed by atoms with Gasteiger partial charge >= 0.3 is 0 Å². The summed E-state index contributed by atoms with van der Waals surface area (Å²) in [5.41, 5.74) is 2.61. The number of nitrogens with zero attached hydrogens (tertiary/aromatic N) is 2. The molecule has 1 N–H and O–H groups in total. The third-order valence-corrected chi connectivity index (χ3v) is 3.74. The summed E-state index contributed by atoms with van der Waals surface area (Å²) in [6, 6.07) is 4.72. The normalized spacial score (nSPS) is 13.5. The number of hydrogen-bond donors (Lipinski definition) is 1. The van der Waals surface area contributed by atoms with Crippen molar-refractivity contribution in [3.05, 3.63) is 23.4 Å². The first-order valence-corrected chi connectivity index (χ1v) is 6.61. The molecule has 1 atom stereocenters. The topological polar surface area (TPSA) is 28.2 Å². The molecule has 0 spiro atoms. The quantitative estimate of drug-likeness (QED) is 0.889. The minimum atomic E-state index is 0.244. The molecule has 0 saturated carbocycles. The summed E-state index contributed by atoms with van der Waals surface area (Å²) in [6.07, 6.45) is 0. The zero-order chi connectivity index (χ0) is 13.9. The van der Waals surface area contributed by atoms with E-state index < -0.39 is 0 Å². The van der Waals surface area contributed by atoms with Gasteiger partial charge in [-0.15, -0.1) is 0 Å². The second-order valence-electron chi connectivity index (χ2n) is 6.10. The van der Waals surface area contributed by atoms with Crippen molar-refractivity contribution in [2.75, 3.05) is 19.0 Å². The summed E-state index contributed by atoms with van der Waals surface area (Å²) in [4.78, 5) is 6.97. The maximum atomic E-state index is 4.71. The number of rotatable bonds is 4. The van der Waals surface area contributed by atoms with E-state index in [-0.39, 0.29) is 5.41 Å². The lowest BCUT2D eigenvalue weighted by Gasteiger charge is -2.36. The second-order valence-corrected chi connectivity index (χ2v) is 6.10. The van der Waals surface area contributed by atoms with Crippen LogP contribution in [0.3, 0.4) is 0 Å². The van der Waals surface area contributed by atoms with Crippen molar-refractivity contribution in [1.82, 2.24) is 10.3 Å². The molecular formula is C15H27N3. The molecule has 0 fully saturated rings. The number of pyridine rings is 1. The molecule has 0 aliphatic carbocycles. The molecule has 1 aromatic heterocycles. The Morgan fingerprint density at radius 2 is 1.94 bits per heavy atom. The predicted octanol–water partition coefficient (Wildman–Crippen LogP) is 2.98. The monoisotopic (exact) mass is 249 g/mol. The van der Waals surface area contributed by atoms with Crippen molar-refractivity contribution in [3.8, 4) is 0 Å². The molecule has 0 aliphatic rings. The molecule has 0 saturated heterocycles. The Morgan fingerprint density at radius 1 is 1.33 bits per heavy atom. The van der Waals surface area contributed by atoms with Crippen LogP contribution in [0.2, 0.25) is 0 Å². The summed E-state index contributed by atoms with van der Waals surface area (Å²) in [5.74, 6) is 1.05. The molecule has 0 amide bonds. The van der Waals surface area contributed by atoms with Gasteiger partial charge in [-0.3, -0.25) is 0 Å². The number of aromatic nitrogens is 1. The molecule has 3 nitrogen and oxygen atoms in total. The highest BCUT2D eigenvalue weighted by atomic mass is 15.2. The van der Waals surface area contributed by atoms with Crippen LogP contribution in [-0.2, 0) is 6.54 Å². The van der Waals surface area contributed by atoms with Crippen LogP contribution in [0.25, 0.3) is 0 Å². The lowest BCUT2D eigenvalue weighted by atomic mass is 9.87. The van der Waals surface area contributed by atoms with E-state index in [0.717, 1.165) is 18.1 Å². The molecule has 0 aliphatic heterocycles. The molecule has 0 radical (unpaired) electrons. The fraction of sp³-hybridized carbons (Fsp3) is 0.667.